The summed E-state index contributed by atoms with van der Waals surface area (Å²) in [7, 11) is 4.66. The third-order valence-corrected chi connectivity index (χ3v) is 5.92. The fourth-order valence-electron chi connectivity index (χ4n) is 3.80. The number of halogens is 2. The number of aryl methyl sites for hydroxylation is 1. The molecule has 37 heavy (non-hydrogen) atoms. The van der Waals surface area contributed by atoms with Crippen LogP contribution in [0.2, 0.25) is 5.02 Å². The van der Waals surface area contributed by atoms with Gasteiger partial charge in [-0.15, -0.1) is 0 Å². The van der Waals surface area contributed by atoms with E-state index in [0.717, 1.165) is 10.7 Å². The van der Waals surface area contributed by atoms with Crippen molar-refractivity contribution < 1.29 is 23.5 Å². The van der Waals surface area contributed by atoms with Gasteiger partial charge in [-0.2, -0.15) is 14.8 Å². The number of fused-ring (bicyclic) bond motifs is 1. The highest BCUT2D eigenvalue weighted by atomic mass is 35.5. The molecule has 188 valence electrons. The van der Waals surface area contributed by atoms with Crippen molar-refractivity contribution in [3.8, 4) is 11.3 Å². The van der Waals surface area contributed by atoms with Gasteiger partial charge in [0.1, 0.15) is 11.5 Å². The molecule has 0 aliphatic heterocycles. The summed E-state index contributed by atoms with van der Waals surface area (Å²) in [5.41, 5.74) is 1.57. The largest absolute Gasteiger partial charge is 0.465 e. The fraction of sp³-hybridized carbons (Fsp3) is 0.148. The molecule has 4 aromatic rings. The van der Waals surface area contributed by atoms with Crippen molar-refractivity contribution in [1.82, 2.24) is 14.7 Å². The lowest BCUT2D eigenvalue weighted by atomic mass is 10.0. The van der Waals surface area contributed by atoms with Gasteiger partial charge in [-0.1, -0.05) is 23.7 Å². The zero-order valence-electron chi connectivity index (χ0n) is 20.5. The molecule has 4 rings (SSSR count). The SMILES string of the molecule is COC(=O)c1ccc(-c2nn(C(=O)c3c(C)cccc3Cl)c3cc(C(=O)/N=C/N(C)C)ccc23)c(F)c1. The van der Waals surface area contributed by atoms with E-state index in [9.17, 15) is 14.4 Å². The first-order valence-corrected chi connectivity index (χ1v) is 11.5. The molecule has 0 radical (unpaired) electrons. The highest BCUT2D eigenvalue weighted by molar-refractivity contribution is 6.34. The number of benzene rings is 3. The van der Waals surface area contributed by atoms with Gasteiger partial charge < -0.3 is 9.64 Å². The minimum atomic E-state index is -0.730. The van der Waals surface area contributed by atoms with Gasteiger partial charge in [0, 0.05) is 30.6 Å². The Kier molecular flexibility index (Phi) is 7.17. The number of carbonyl (C=O) groups excluding carboxylic acids is 3. The number of amides is 1. The highest BCUT2D eigenvalue weighted by Gasteiger charge is 2.24. The predicted molar refractivity (Wildman–Crippen MR) is 139 cm³/mol. The van der Waals surface area contributed by atoms with Crippen molar-refractivity contribution in [2.45, 2.75) is 6.92 Å². The Morgan fingerprint density at radius 1 is 1.08 bits per heavy atom. The number of hydrogen-bond acceptors (Lipinski definition) is 5. The first-order chi connectivity index (χ1) is 17.6. The van der Waals surface area contributed by atoms with E-state index in [0.29, 0.717) is 10.9 Å². The molecular weight excluding hydrogens is 499 g/mol. The number of ether oxygens (including phenoxy) is 1. The topological polar surface area (TPSA) is 93.9 Å². The van der Waals surface area contributed by atoms with Crippen molar-refractivity contribution >= 4 is 46.6 Å². The molecule has 0 fully saturated rings. The summed E-state index contributed by atoms with van der Waals surface area (Å²) in [5.74, 6) is -2.49. The number of rotatable bonds is 5. The maximum Gasteiger partial charge on any atom is 0.337 e. The summed E-state index contributed by atoms with van der Waals surface area (Å²) in [6.45, 7) is 1.74. The molecule has 0 saturated heterocycles. The molecule has 0 aliphatic carbocycles. The number of carbonyl (C=O) groups is 3. The van der Waals surface area contributed by atoms with Crippen LogP contribution >= 0.6 is 11.6 Å². The molecule has 0 N–H and O–H groups in total. The van der Waals surface area contributed by atoms with Gasteiger partial charge in [-0.05, 0) is 55.0 Å². The Hall–Kier alpha value is -4.37. The molecule has 0 saturated carbocycles. The van der Waals surface area contributed by atoms with E-state index >= 15 is 4.39 Å². The van der Waals surface area contributed by atoms with Gasteiger partial charge >= 0.3 is 5.97 Å². The lowest BCUT2D eigenvalue weighted by Gasteiger charge is -2.08. The number of esters is 1. The van der Waals surface area contributed by atoms with Gasteiger partial charge in [0.2, 0.25) is 0 Å². The van der Waals surface area contributed by atoms with Gasteiger partial charge in [-0.25, -0.2) is 9.18 Å². The first kappa shape index (κ1) is 25.7. The van der Waals surface area contributed by atoms with Crippen LogP contribution in [0.25, 0.3) is 22.2 Å². The summed E-state index contributed by atoms with van der Waals surface area (Å²) in [5, 5.41) is 5.08. The monoisotopic (exact) mass is 520 g/mol. The third-order valence-electron chi connectivity index (χ3n) is 5.61. The van der Waals surface area contributed by atoms with Crippen LogP contribution in [0.15, 0.2) is 59.6 Å². The molecule has 8 nitrogen and oxygen atoms in total. The highest BCUT2D eigenvalue weighted by Crippen LogP contribution is 2.32. The molecule has 0 spiro atoms. The second kappa shape index (κ2) is 10.3. The van der Waals surface area contributed by atoms with E-state index in [-0.39, 0.29) is 38.5 Å². The Labute approximate surface area is 216 Å². The van der Waals surface area contributed by atoms with Crippen molar-refractivity contribution in [3.05, 3.63) is 87.7 Å². The molecular formula is C27H22ClFN4O4. The van der Waals surface area contributed by atoms with Crippen LogP contribution in [0.4, 0.5) is 4.39 Å². The molecule has 0 bridgehead atoms. The maximum absolute atomic E-state index is 15.2. The number of hydrogen-bond donors (Lipinski definition) is 0. The molecule has 1 amide bonds. The standard InChI is InChI=1S/C27H22ClFN4O4/c1-15-6-5-7-20(28)23(15)26(35)33-22-13-16(25(34)30-14-32(2)3)8-11-19(22)24(31-33)18-10-9-17(12-21(18)29)27(36)37-4/h5-14H,1-4H3/b30-14+. The number of aromatic nitrogens is 2. The van der Waals surface area contributed by atoms with E-state index in [1.54, 1.807) is 50.2 Å². The van der Waals surface area contributed by atoms with Crippen LogP contribution in [0, 0.1) is 12.7 Å². The minimum absolute atomic E-state index is 0.0295. The number of methoxy groups -OCH3 is 1. The Bertz CT molecular complexity index is 1570. The number of aliphatic imine (C=N–C) groups is 1. The molecule has 1 heterocycles. The Balaban J connectivity index is 1.94. The molecule has 10 heteroatoms. The first-order valence-electron chi connectivity index (χ1n) is 11.1. The summed E-state index contributed by atoms with van der Waals surface area (Å²) >= 11 is 6.34. The summed E-state index contributed by atoms with van der Waals surface area (Å²) in [4.78, 5) is 43.6. The van der Waals surface area contributed by atoms with Crippen LogP contribution in [0.5, 0.6) is 0 Å². The zero-order valence-corrected chi connectivity index (χ0v) is 21.2. The van der Waals surface area contributed by atoms with Crippen LogP contribution in [-0.4, -0.2) is 60.0 Å². The Morgan fingerprint density at radius 3 is 2.46 bits per heavy atom. The normalized spacial score (nSPS) is 11.2. The molecule has 1 aromatic heterocycles. The molecule has 0 atom stereocenters. The Morgan fingerprint density at radius 2 is 1.81 bits per heavy atom. The maximum atomic E-state index is 15.2. The van der Waals surface area contributed by atoms with Crippen LogP contribution in [0.1, 0.15) is 36.6 Å². The molecule has 0 aliphatic rings. The van der Waals surface area contributed by atoms with Crippen molar-refractivity contribution in [3.63, 3.8) is 0 Å². The second-order valence-corrected chi connectivity index (χ2v) is 8.84. The van der Waals surface area contributed by atoms with E-state index in [1.807, 2.05) is 0 Å². The van der Waals surface area contributed by atoms with Crippen molar-refractivity contribution in [1.29, 1.82) is 0 Å². The lowest BCUT2D eigenvalue weighted by molar-refractivity contribution is 0.0600. The smallest absolute Gasteiger partial charge is 0.337 e. The van der Waals surface area contributed by atoms with E-state index in [4.69, 9.17) is 11.6 Å². The molecule has 0 unspecified atom stereocenters. The lowest BCUT2D eigenvalue weighted by Crippen LogP contribution is -2.16. The van der Waals surface area contributed by atoms with Crippen molar-refractivity contribution in [2.24, 2.45) is 4.99 Å². The van der Waals surface area contributed by atoms with E-state index < -0.39 is 23.6 Å². The van der Waals surface area contributed by atoms with Gasteiger partial charge in [0.25, 0.3) is 11.8 Å². The van der Waals surface area contributed by atoms with Crippen LogP contribution < -0.4 is 0 Å². The van der Waals surface area contributed by atoms with Crippen molar-refractivity contribution in [2.75, 3.05) is 21.2 Å². The van der Waals surface area contributed by atoms with E-state index in [2.05, 4.69) is 14.8 Å². The summed E-state index contributed by atoms with van der Waals surface area (Å²) < 4.78 is 20.9. The average molecular weight is 521 g/mol. The molecule has 3 aromatic carbocycles. The fourth-order valence-corrected chi connectivity index (χ4v) is 4.11. The summed E-state index contributed by atoms with van der Waals surface area (Å²) in [6.07, 6.45) is 1.37. The van der Waals surface area contributed by atoms with Gasteiger partial charge in [0.05, 0.1) is 35.1 Å². The number of nitrogens with zero attached hydrogens (tertiary/aromatic N) is 4. The average Bonchev–Trinajstić information content (AvgIpc) is 3.25. The van der Waals surface area contributed by atoms with Crippen LogP contribution in [0.3, 0.4) is 0 Å². The minimum Gasteiger partial charge on any atom is -0.465 e. The van der Waals surface area contributed by atoms with E-state index in [1.165, 1.54) is 37.7 Å². The summed E-state index contributed by atoms with van der Waals surface area (Å²) in [6, 6.07) is 13.5. The quantitative estimate of drug-likeness (QED) is 0.209. The van der Waals surface area contributed by atoms with Gasteiger partial charge in [-0.3, -0.25) is 9.59 Å². The zero-order chi connectivity index (χ0) is 26.9. The van der Waals surface area contributed by atoms with Crippen LogP contribution in [-0.2, 0) is 4.74 Å². The predicted octanol–water partition coefficient (Wildman–Crippen LogP) is 5.01. The van der Waals surface area contributed by atoms with Gasteiger partial charge in [0.15, 0.2) is 0 Å². The second-order valence-electron chi connectivity index (χ2n) is 8.43. The third kappa shape index (κ3) is 4.99.